The fourth-order valence-corrected chi connectivity index (χ4v) is 3.65. The number of aliphatic hydroxyl groups excluding tert-OH is 1. The molecule has 3 N–H and O–H groups in total. The average molecular weight is 385 g/mol. The van der Waals surface area contributed by atoms with Crippen LogP contribution in [-0.4, -0.2) is 56.0 Å². The Labute approximate surface area is 164 Å². The van der Waals surface area contributed by atoms with E-state index in [1.807, 2.05) is 13.0 Å². The molecule has 0 unspecified atom stereocenters. The quantitative estimate of drug-likeness (QED) is 0.686. The second-order valence-electron chi connectivity index (χ2n) is 7.50. The molecule has 28 heavy (non-hydrogen) atoms. The maximum atomic E-state index is 12.7. The Morgan fingerprint density at radius 1 is 1.36 bits per heavy atom. The molecule has 0 aliphatic heterocycles. The number of aromatic amines is 1. The van der Waals surface area contributed by atoms with Gasteiger partial charge in [0.25, 0.3) is 0 Å². The number of aromatic nitrogens is 3. The molecule has 2 aromatic heterocycles. The molecule has 3 atom stereocenters. The molecule has 2 heterocycles. The van der Waals surface area contributed by atoms with Crippen LogP contribution in [0.1, 0.15) is 36.3 Å². The van der Waals surface area contributed by atoms with Gasteiger partial charge in [-0.05, 0) is 37.8 Å². The third-order valence-electron chi connectivity index (χ3n) is 5.12. The number of H-pyrrole nitrogens is 1. The molecule has 8 heteroatoms. The number of carbonyl (C=O) groups is 2. The van der Waals surface area contributed by atoms with Crippen LogP contribution in [0.25, 0.3) is 0 Å². The predicted octanol–water partition coefficient (Wildman–Crippen LogP) is 0.960. The standard InChI is InChI=1S/C20H27N5O3/c1-13-10-22-18(23-13)12-25(2)20(28)15-5-6-16(17(26)9-15)24-19(27)8-14-4-3-7-21-11-14/h3-4,7,10-11,15-17,26H,5-6,8-9,12H2,1-2H3,(H,22,23)(H,24,27)/t15-,16-,17-/m0/s1. The Hall–Kier alpha value is -2.74. The smallest absolute Gasteiger partial charge is 0.225 e. The first-order valence-electron chi connectivity index (χ1n) is 9.54. The summed E-state index contributed by atoms with van der Waals surface area (Å²) >= 11 is 0. The number of carbonyl (C=O) groups excluding carboxylic acids is 2. The second-order valence-corrected chi connectivity index (χ2v) is 7.50. The number of hydrogen-bond donors (Lipinski definition) is 3. The molecule has 2 aromatic rings. The third-order valence-corrected chi connectivity index (χ3v) is 5.12. The molecule has 3 rings (SSSR count). The van der Waals surface area contributed by atoms with Crippen LogP contribution in [0.3, 0.4) is 0 Å². The molecule has 1 aliphatic carbocycles. The van der Waals surface area contributed by atoms with Gasteiger partial charge in [0.15, 0.2) is 0 Å². The van der Waals surface area contributed by atoms with Gasteiger partial charge in [-0.25, -0.2) is 4.98 Å². The monoisotopic (exact) mass is 385 g/mol. The van der Waals surface area contributed by atoms with E-state index in [1.165, 1.54) is 0 Å². The Morgan fingerprint density at radius 3 is 2.82 bits per heavy atom. The van der Waals surface area contributed by atoms with Crippen LogP contribution in [-0.2, 0) is 22.6 Å². The van der Waals surface area contributed by atoms with Crippen LogP contribution in [0, 0.1) is 12.8 Å². The lowest BCUT2D eigenvalue weighted by atomic mass is 9.83. The topological polar surface area (TPSA) is 111 Å². The summed E-state index contributed by atoms with van der Waals surface area (Å²) in [5.74, 6) is 0.341. The zero-order valence-corrected chi connectivity index (χ0v) is 16.3. The van der Waals surface area contributed by atoms with Crippen molar-refractivity contribution in [3.8, 4) is 0 Å². The molecular formula is C20H27N5O3. The number of hydrogen-bond acceptors (Lipinski definition) is 5. The van der Waals surface area contributed by atoms with Gasteiger partial charge >= 0.3 is 0 Å². The minimum Gasteiger partial charge on any atom is -0.391 e. The van der Waals surface area contributed by atoms with Gasteiger partial charge in [-0.2, -0.15) is 0 Å². The summed E-state index contributed by atoms with van der Waals surface area (Å²) in [6.45, 7) is 2.32. The second kappa shape index (κ2) is 8.97. The molecule has 0 radical (unpaired) electrons. The van der Waals surface area contributed by atoms with Crippen molar-refractivity contribution in [2.45, 2.75) is 51.3 Å². The summed E-state index contributed by atoms with van der Waals surface area (Å²) in [5, 5.41) is 13.4. The Balaban J connectivity index is 1.48. The number of rotatable bonds is 6. The Kier molecular flexibility index (Phi) is 6.41. The minimum atomic E-state index is -0.736. The van der Waals surface area contributed by atoms with E-state index in [0.29, 0.717) is 25.8 Å². The van der Waals surface area contributed by atoms with Crippen molar-refractivity contribution in [1.82, 2.24) is 25.2 Å². The molecule has 0 saturated heterocycles. The Morgan fingerprint density at radius 2 is 2.18 bits per heavy atom. The summed E-state index contributed by atoms with van der Waals surface area (Å²) in [5.41, 5.74) is 1.78. The van der Waals surface area contributed by atoms with E-state index in [4.69, 9.17) is 0 Å². The molecule has 2 amide bonds. The highest BCUT2D eigenvalue weighted by atomic mass is 16.3. The van der Waals surface area contributed by atoms with E-state index < -0.39 is 6.10 Å². The highest BCUT2D eigenvalue weighted by molar-refractivity contribution is 5.80. The lowest BCUT2D eigenvalue weighted by Gasteiger charge is -2.34. The number of nitrogens with one attached hydrogen (secondary N) is 2. The fraction of sp³-hybridized carbons (Fsp3) is 0.500. The maximum absolute atomic E-state index is 12.7. The van der Waals surface area contributed by atoms with Crippen molar-refractivity contribution in [3.63, 3.8) is 0 Å². The maximum Gasteiger partial charge on any atom is 0.225 e. The zero-order valence-electron chi connectivity index (χ0n) is 16.3. The van der Waals surface area contributed by atoms with Gasteiger partial charge in [-0.3, -0.25) is 14.6 Å². The van der Waals surface area contributed by atoms with Crippen LogP contribution in [0.15, 0.2) is 30.7 Å². The predicted molar refractivity (Wildman–Crippen MR) is 103 cm³/mol. The summed E-state index contributed by atoms with van der Waals surface area (Å²) in [6.07, 6.45) is 6.09. The van der Waals surface area contributed by atoms with Gasteiger partial charge < -0.3 is 20.3 Å². The van der Waals surface area contributed by atoms with Crippen molar-refractivity contribution < 1.29 is 14.7 Å². The van der Waals surface area contributed by atoms with Gasteiger partial charge in [0, 0.05) is 37.3 Å². The largest absolute Gasteiger partial charge is 0.391 e. The summed E-state index contributed by atoms with van der Waals surface area (Å²) < 4.78 is 0. The summed E-state index contributed by atoms with van der Waals surface area (Å²) in [7, 11) is 1.74. The Bertz CT molecular complexity index is 807. The normalized spacial score (nSPS) is 21.9. The molecule has 1 saturated carbocycles. The SMILES string of the molecule is Cc1cnc(CN(C)C(=O)[C@H]2CC[C@H](NC(=O)Cc3cccnc3)[C@@H](O)C2)[nH]1. The molecule has 8 nitrogen and oxygen atoms in total. The number of imidazole rings is 1. The van der Waals surface area contributed by atoms with Gasteiger partial charge in [0.2, 0.25) is 11.8 Å². The van der Waals surface area contributed by atoms with Crippen molar-refractivity contribution in [3.05, 3.63) is 47.8 Å². The van der Waals surface area contributed by atoms with E-state index in [9.17, 15) is 14.7 Å². The van der Waals surface area contributed by atoms with Crippen molar-refractivity contribution in [2.75, 3.05) is 7.05 Å². The minimum absolute atomic E-state index is 0.00626. The highest BCUT2D eigenvalue weighted by Crippen LogP contribution is 2.26. The molecule has 0 spiro atoms. The molecule has 1 aliphatic rings. The first-order valence-corrected chi connectivity index (χ1v) is 9.54. The van der Waals surface area contributed by atoms with Crippen molar-refractivity contribution in [2.24, 2.45) is 5.92 Å². The van der Waals surface area contributed by atoms with Gasteiger partial charge in [0.1, 0.15) is 5.82 Å². The average Bonchev–Trinajstić information content (AvgIpc) is 3.08. The van der Waals surface area contributed by atoms with Crippen molar-refractivity contribution >= 4 is 11.8 Å². The molecule has 0 aromatic carbocycles. The molecule has 0 bridgehead atoms. The van der Waals surface area contributed by atoms with E-state index in [1.54, 1.807) is 36.6 Å². The van der Waals surface area contributed by atoms with E-state index in [-0.39, 0.29) is 30.2 Å². The number of pyridine rings is 1. The number of nitrogens with zero attached hydrogens (tertiary/aromatic N) is 3. The van der Waals surface area contributed by atoms with Crippen LogP contribution in [0.2, 0.25) is 0 Å². The fourth-order valence-electron chi connectivity index (χ4n) is 3.65. The zero-order chi connectivity index (χ0) is 20.1. The van der Waals surface area contributed by atoms with Gasteiger partial charge in [0.05, 0.1) is 25.1 Å². The van der Waals surface area contributed by atoms with E-state index in [2.05, 4.69) is 20.3 Å². The first-order chi connectivity index (χ1) is 13.4. The van der Waals surface area contributed by atoms with Crippen molar-refractivity contribution in [1.29, 1.82) is 0 Å². The number of aliphatic hydroxyl groups is 1. The summed E-state index contributed by atoms with van der Waals surface area (Å²) in [4.78, 5) is 37.9. The van der Waals surface area contributed by atoms with E-state index in [0.717, 1.165) is 17.1 Å². The molecular weight excluding hydrogens is 358 g/mol. The van der Waals surface area contributed by atoms with Crippen LogP contribution >= 0.6 is 0 Å². The van der Waals surface area contributed by atoms with Crippen LogP contribution in [0.5, 0.6) is 0 Å². The van der Waals surface area contributed by atoms with Gasteiger partial charge in [-0.1, -0.05) is 6.07 Å². The van der Waals surface area contributed by atoms with Crippen LogP contribution in [0.4, 0.5) is 0 Å². The number of aryl methyl sites for hydroxylation is 1. The van der Waals surface area contributed by atoms with E-state index >= 15 is 0 Å². The molecule has 1 fully saturated rings. The lowest BCUT2D eigenvalue weighted by molar-refractivity contribution is -0.137. The number of amides is 2. The lowest BCUT2D eigenvalue weighted by Crippen LogP contribution is -2.49. The first kappa shape index (κ1) is 20.0. The van der Waals surface area contributed by atoms with Crippen LogP contribution < -0.4 is 5.32 Å². The molecule has 150 valence electrons. The highest BCUT2D eigenvalue weighted by Gasteiger charge is 2.34. The van der Waals surface area contributed by atoms with Gasteiger partial charge in [-0.15, -0.1) is 0 Å². The summed E-state index contributed by atoms with van der Waals surface area (Å²) in [6, 6.07) is 3.30. The third kappa shape index (κ3) is 5.16.